The van der Waals surface area contributed by atoms with Crippen molar-refractivity contribution in [3.63, 3.8) is 0 Å². The number of imidazole rings is 1. The van der Waals surface area contributed by atoms with Gasteiger partial charge in [-0.25, -0.2) is 4.98 Å². The molecule has 0 aliphatic heterocycles. The molecule has 3 aromatic rings. The summed E-state index contributed by atoms with van der Waals surface area (Å²) in [5, 5.41) is 6.05. The average molecular weight is 308 g/mol. The van der Waals surface area contributed by atoms with Crippen LogP contribution in [0.1, 0.15) is 27.2 Å². The third-order valence-electron chi connectivity index (χ3n) is 3.86. The molecule has 0 bridgehead atoms. The number of nitrogens with one attached hydrogen (secondary N) is 2. The molecular formula is C18H20N4O. The minimum absolute atomic E-state index is 0.0656. The zero-order valence-electron chi connectivity index (χ0n) is 13.3. The van der Waals surface area contributed by atoms with Crippen LogP contribution in [-0.4, -0.2) is 22.3 Å². The third kappa shape index (κ3) is 3.24. The summed E-state index contributed by atoms with van der Waals surface area (Å²) in [5.41, 5.74) is 5.03. The quantitative estimate of drug-likeness (QED) is 0.760. The topological polar surface area (TPSA) is 58.4 Å². The van der Waals surface area contributed by atoms with Crippen molar-refractivity contribution >= 4 is 11.6 Å². The van der Waals surface area contributed by atoms with Gasteiger partial charge in [-0.1, -0.05) is 18.2 Å². The van der Waals surface area contributed by atoms with Gasteiger partial charge >= 0.3 is 0 Å². The lowest BCUT2D eigenvalue weighted by molar-refractivity contribution is 0.0963. The molecule has 0 spiro atoms. The fraction of sp³-hybridized carbons (Fsp3) is 0.222. The highest BCUT2D eigenvalue weighted by atomic mass is 16.1. The van der Waals surface area contributed by atoms with Crippen LogP contribution in [0.25, 0.3) is 5.65 Å². The highest BCUT2D eigenvalue weighted by Gasteiger charge is 2.06. The van der Waals surface area contributed by atoms with Gasteiger partial charge < -0.3 is 15.0 Å². The first-order valence-corrected chi connectivity index (χ1v) is 7.62. The Morgan fingerprint density at radius 3 is 2.91 bits per heavy atom. The molecule has 0 fully saturated rings. The van der Waals surface area contributed by atoms with Crippen LogP contribution in [-0.2, 0) is 13.1 Å². The molecule has 0 unspecified atom stereocenters. The number of nitrogens with zero attached hydrogens (tertiary/aromatic N) is 2. The van der Waals surface area contributed by atoms with E-state index in [9.17, 15) is 4.79 Å². The monoisotopic (exact) mass is 308 g/mol. The van der Waals surface area contributed by atoms with Crippen LogP contribution < -0.4 is 10.6 Å². The second kappa shape index (κ2) is 6.62. The van der Waals surface area contributed by atoms with Gasteiger partial charge in [0.25, 0.3) is 5.91 Å². The van der Waals surface area contributed by atoms with E-state index in [-0.39, 0.29) is 5.91 Å². The Hall–Kier alpha value is -2.66. The molecule has 0 atom stereocenters. The molecule has 5 heteroatoms. The van der Waals surface area contributed by atoms with Crippen molar-refractivity contribution in [3.8, 4) is 0 Å². The normalized spacial score (nSPS) is 10.9. The van der Waals surface area contributed by atoms with E-state index >= 15 is 0 Å². The first kappa shape index (κ1) is 15.2. The molecule has 1 amide bonds. The summed E-state index contributed by atoms with van der Waals surface area (Å²) in [6.07, 6.45) is 3.93. The first-order valence-electron chi connectivity index (χ1n) is 7.62. The van der Waals surface area contributed by atoms with Crippen LogP contribution in [0.15, 0.2) is 48.8 Å². The van der Waals surface area contributed by atoms with Crippen molar-refractivity contribution in [3.05, 3.63) is 71.2 Å². The van der Waals surface area contributed by atoms with Crippen molar-refractivity contribution < 1.29 is 4.79 Å². The minimum atomic E-state index is -0.0656. The van der Waals surface area contributed by atoms with Gasteiger partial charge in [-0.15, -0.1) is 0 Å². The van der Waals surface area contributed by atoms with Crippen molar-refractivity contribution in [2.75, 3.05) is 7.05 Å². The summed E-state index contributed by atoms with van der Waals surface area (Å²) in [4.78, 5) is 16.1. The van der Waals surface area contributed by atoms with Crippen molar-refractivity contribution in [1.82, 2.24) is 20.0 Å². The van der Waals surface area contributed by atoms with Crippen LogP contribution in [0.5, 0.6) is 0 Å². The van der Waals surface area contributed by atoms with E-state index in [2.05, 4.69) is 33.0 Å². The number of carbonyl (C=O) groups excluding carboxylic acids is 1. The van der Waals surface area contributed by atoms with Crippen LogP contribution in [0.3, 0.4) is 0 Å². The lowest BCUT2D eigenvalue weighted by Crippen LogP contribution is -2.19. The Morgan fingerprint density at radius 2 is 2.09 bits per heavy atom. The predicted molar refractivity (Wildman–Crippen MR) is 90.3 cm³/mol. The summed E-state index contributed by atoms with van der Waals surface area (Å²) in [7, 11) is 1.64. The Kier molecular flexibility index (Phi) is 4.39. The smallest absolute Gasteiger partial charge is 0.251 e. The summed E-state index contributed by atoms with van der Waals surface area (Å²) in [6.45, 7) is 3.47. The average Bonchev–Trinajstić information content (AvgIpc) is 2.99. The van der Waals surface area contributed by atoms with E-state index in [1.807, 2.05) is 42.7 Å². The number of hydrogen-bond acceptors (Lipinski definition) is 3. The highest BCUT2D eigenvalue weighted by Crippen LogP contribution is 2.11. The highest BCUT2D eigenvalue weighted by molar-refractivity contribution is 5.94. The number of pyridine rings is 1. The summed E-state index contributed by atoms with van der Waals surface area (Å²) < 4.78 is 2.10. The maximum absolute atomic E-state index is 11.7. The zero-order valence-corrected chi connectivity index (χ0v) is 13.3. The Labute approximate surface area is 135 Å². The van der Waals surface area contributed by atoms with Gasteiger partial charge in [-0.3, -0.25) is 4.79 Å². The maximum atomic E-state index is 11.7. The third-order valence-corrected chi connectivity index (χ3v) is 3.86. The van der Waals surface area contributed by atoms with Crippen molar-refractivity contribution in [1.29, 1.82) is 0 Å². The molecular weight excluding hydrogens is 288 g/mol. The molecule has 3 rings (SSSR count). The largest absolute Gasteiger partial charge is 0.355 e. The number of hydrogen-bond donors (Lipinski definition) is 2. The number of aryl methyl sites for hydroxylation is 1. The van der Waals surface area contributed by atoms with Gasteiger partial charge in [0.05, 0.1) is 11.9 Å². The van der Waals surface area contributed by atoms with E-state index in [0.717, 1.165) is 29.0 Å². The van der Waals surface area contributed by atoms with Crippen LogP contribution in [0.2, 0.25) is 0 Å². The molecule has 23 heavy (non-hydrogen) atoms. The minimum Gasteiger partial charge on any atom is -0.355 e. The van der Waals surface area contributed by atoms with Gasteiger partial charge in [-0.05, 0) is 36.2 Å². The van der Waals surface area contributed by atoms with Gasteiger partial charge in [0.1, 0.15) is 5.65 Å². The SMILES string of the molecule is CNC(=O)c1cccc(CNCc2cnc3c(C)cccn23)c1. The van der Waals surface area contributed by atoms with Gasteiger partial charge in [-0.2, -0.15) is 0 Å². The number of fused-ring (bicyclic) bond motifs is 1. The van der Waals surface area contributed by atoms with Crippen molar-refractivity contribution in [2.45, 2.75) is 20.0 Å². The number of aromatic nitrogens is 2. The molecule has 0 saturated carbocycles. The van der Waals surface area contributed by atoms with Crippen LogP contribution in [0.4, 0.5) is 0 Å². The predicted octanol–water partition coefficient (Wildman–Crippen LogP) is 2.29. The fourth-order valence-electron chi connectivity index (χ4n) is 2.63. The maximum Gasteiger partial charge on any atom is 0.251 e. The Balaban J connectivity index is 1.67. The number of rotatable bonds is 5. The van der Waals surface area contributed by atoms with E-state index < -0.39 is 0 Å². The fourth-order valence-corrected chi connectivity index (χ4v) is 2.63. The molecule has 2 aromatic heterocycles. The standard InChI is InChI=1S/C18H20N4O/c1-13-5-4-8-22-16(12-21-17(13)22)11-20-10-14-6-3-7-15(9-14)18(23)19-2/h3-9,12,20H,10-11H2,1-2H3,(H,19,23). The van der Waals surface area contributed by atoms with E-state index in [0.29, 0.717) is 12.1 Å². The van der Waals surface area contributed by atoms with E-state index in [1.165, 1.54) is 0 Å². The van der Waals surface area contributed by atoms with Crippen molar-refractivity contribution in [2.24, 2.45) is 0 Å². The molecule has 0 aliphatic rings. The molecule has 118 valence electrons. The van der Waals surface area contributed by atoms with Crippen LogP contribution >= 0.6 is 0 Å². The molecule has 2 N–H and O–H groups in total. The van der Waals surface area contributed by atoms with E-state index in [4.69, 9.17) is 0 Å². The molecule has 5 nitrogen and oxygen atoms in total. The number of carbonyl (C=O) groups is 1. The molecule has 2 heterocycles. The van der Waals surface area contributed by atoms with Crippen LogP contribution in [0, 0.1) is 6.92 Å². The molecule has 0 radical (unpaired) electrons. The summed E-state index contributed by atoms with van der Waals surface area (Å²) in [6, 6.07) is 11.7. The Morgan fingerprint density at radius 1 is 1.22 bits per heavy atom. The zero-order chi connectivity index (χ0) is 16.2. The molecule has 0 aliphatic carbocycles. The van der Waals surface area contributed by atoms with Gasteiger partial charge in [0.15, 0.2) is 0 Å². The lowest BCUT2D eigenvalue weighted by Gasteiger charge is -2.07. The van der Waals surface area contributed by atoms with E-state index in [1.54, 1.807) is 7.05 Å². The Bertz CT molecular complexity index is 838. The number of benzene rings is 1. The number of amides is 1. The second-order valence-corrected chi connectivity index (χ2v) is 5.52. The lowest BCUT2D eigenvalue weighted by atomic mass is 10.1. The molecule has 1 aromatic carbocycles. The van der Waals surface area contributed by atoms with Gasteiger partial charge in [0.2, 0.25) is 0 Å². The second-order valence-electron chi connectivity index (χ2n) is 5.52. The summed E-state index contributed by atoms with van der Waals surface area (Å²) >= 11 is 0. The molecule has 0 saturated heterocycles. The summed E-state index contributed by atoms with van der Waals surface area (Å²) in [5.74, 6) is -0.0656. The van der Waals surface area contributed by atoms with Gasteiger partial charge in [0, 0.05) is 31.9 Å². The first-order chi connectivity index (χ1) is 11.2.